The third kappa shape index (κ3) is 4.71. The summed E-state index contributed by atoms with van der Waals surface area (Å²) < 4.78 is 23.7. The van der Waals surface area contributed by atoms with Crippen LogP contribution in [0.4, 0.5) is 5.69 Å². The molecular weight excluding hydrogens is 490 g/mol. The first-order valence-electron chi connectivity index (χ1n) is 12.0. The number of rotatable bonds is 4. The molecule has 1 aromatic heterocycles. The Balaban J connectivity index is 1.50. The van der Waals surface area contributed by atoms with Crippen LogP contribution in [0, 0.1) is 13.8 Å². The first-order valence-corrected chi connectivity index (χ1v) is 13.6. The van der Waals surface area contributed by atoms with Crippen molar-refractivity contribution in [2.24, 2.45) is 5.14 Å². The summed E-state index contributed by atoms with van der Waals surface area (Å²) in [5.74, 6) is -0.303. The van der Waals surface area contributed by atoms with Crippen LogP contribution in [-0.4, -0.2) is 68.2 Å². The summed E-state index contributed by atoms with van der Waals surface area (Å²) in [5, 5.41) is 8.07. The molecule has 37 heavy (non-hydrogen) atoms. The van der Waals surface area contributed by atoms with Gasteiger partial charge < -0.3 is 20.1 Å². The summed E-state index contributed by atoms with van der Waals surface area (Å²) in [6.45, 7) is 7.02. The number of aryl methyl sites for hydroxylation is 1. The summed E-state index contributed by atoms with van der Waals surface area (Å²) in [5.41, 5.74) is 6.38. The number of aromatic amines is 1. The van der Waals surface area contributed by atoms with E-state index in [0.29, 0.717) is 35.5 Å². The largest absolute Gasteiger partial charge is 0.358 e. The van der Waals surface area contributed by atoms with E-state index in [-0.39, 0.29) is 16.7 Å². The molecule has 2 aliphatic rings. The van der Waals surface area contributed by atoms with E-state index in [1.165, 1.54) is 18.2 Å². The van der Waals surface area contributed by atoms with Gasteiger partial charge in [0.2, 0.25) is 10.0 Å². The Hall–Kier alpha value is -3.73. The Kier molecular flexibility index (Phi) is 6.26. The van der Waals surface area contributed by atoms with Crippen LogP contribution in [0.1, 0.15) is 32.9 Å². The van der Waals surface area contributed by atoms with Gasteiger partial charge in [-0.05, 0) is 68.4 Å². The van der Waals surface area contributed by atoms with Gasteiger partial charge in [0.1, 0.15) is 0 Å². The summed E-state index contributed by atoms with van der Waals surface area (Å²) in [7, 11) is -1.86. The van der Waals surface area contributed by atoms with Crippen molar-refractivity contribution >= 4 is 39.2 Å². The molecular formula is C27H29N5O4S. The van der Waals surface area contributed by atoms with Crippen molar-refractivity contribution in [3.63, 3.8) is 0 Å². The number of anilines is 1. The maximum atomic E-state index is 13.1. The topological polar surface area (TPSA) is 129 Å². The number of carbonyl (C=O) groups excluding carboxylic acids is 2. The summed E-state index contributed by atoms with van der Waals surface area (Å²) in [4.78, 5) is 33.3. The molecule has 0 bridgehead atoms. The van der Waals surface area contributed by atoms with Crippen molar-refractivity contribution in [1.29, 1.82) is 0 Å². The van der Waals surface area contributed by atoms with Gasteiger partial charge in [-0.15, -0.1) is 0 Å². The van der Waals surface area contributed by atoms with Crippen LogP contribution in [0.15, 0.2) is 47.4 Å². The Morgan fingerprint density at radius 3 is 2.49 bits per heavy atom. The predicted octanol–water partition coefficient (Wildman–Crippen LogP) is 2.83. The van der Waals surface area contributed by atoms with Crippen molar-refractivity contribution < 1.29 is 18.0 Å². The number of nitrogens with two attached hydrogens (primary N) is 1. The molecule has 0 spiro atoms. The van der Waals surface area contributed by atoms with Gasteiger partial charge >= 0.3 is 0 Å². The number of piperazine rings is 1. The number of amides is 2. The first-order chi connectivity index (χ1) is 17.5. The van der Waals surface area contributed by atoms with Crippen molar-refractivity contribution in [2.45, 2.75) is 18.7 Å². The van der Waals surface area contributed by atoms with E-state index in [4.69, 9.17) is 5.14 Å². The van der Waals surface area contributed by atoms with Crippen LogP contribution in [0.3, 0.4) is 0 Å². The second kappa shape index (κ2) is 9.29. The number of sulfonamides is 1. The van der Waals surface area contributed by atoms with E-state index in [9.17, 15) is 18.0 Å². The molecule has 0 aliphatic carbocycles. The van der Waals surface area contributed by atoms with Gasteiger partial charge in [-0.1, -0.05) is 12.1 Å². The van der Waals surface area contributed by atoms with Gasteiger partial charge in [-0.3, -0.25) is 9.59 Å². The molecule has 10 heteroatoms. The minimum atomic E-state index is -3.91. The smallest absolute Gasteiger partial charge is 0.256 e. The molecule has 0 saturated carbocycles. The number of nitrogens with one attached hydrogen (secondary N) is 2. The van der Waals surface area contributed by atoms with Crippen molar-refractivity contribution in [3.8, 4) is 11.1 Å². The number of carbonyl (C=O) groups is 2. The molecule has 2 aliphatic heterocycles. The highest BCUT2D eigenvalue weighted by Gasteiger charge is 2.27. The van der Waals surface area contributed by atoms with Crippen molar-refractivity contribution in [2.75, 3.05) is 38.5 Å². The normalized spacial score (nSPS) is 17.2. The molecule has 5 rings (SSSR count). The van der Waals surface area contributed by atoms with Crippen molar-refractivity contribution in [3.05, 3.63) is 70.5 Å². The van der Waals surface area contributed by atoms with Crippen LogP contribution < -0.4 is 10.5 Å². The fraction of sp³-hybridized carbons (Fsp3) is 0.259. The number of nitrogens with zero attached hydrogens (tertiary/aromatic N) is 2. The molecule has 3 heterocycles. The molecule has 9 nitrogen and oxygen atoms in total. The average Bonchev–Trinajstić information content (AvgIpc) is 3.32. The molecule has 4 N–H and O–H groups in total. The lowest BCUT2D eigenvalue weighted by Gasteiger charge is -2.32. The Morgan fingerprint density at radius 1 is 1.05 bits per heavy atom. The van der Waals surface area contributed by atoms with E-state index in [2.05, 4.69) is 22.2 Å². The van der Waals surface area contributed by atoms with E-state index in [1.807, 2.05) is 43.0 Å². The average molecular weight is 520 g/mol. The zero-order valence-electron chi connectivity index (χ0n) is 21.0. The van der Waals surface area contributed by atoms with Crippen LogP contribution in [0.25, 0.3) is 22.8 Å². The number of hydrogen-bond acceptors (Lipinski definition) is 5. The van der Waals surface area contributed by atoms with E-state index in [0.717, 1.165) is 41.2 Å². The Bertz CT molecular complexity index is 1560. The number of fused-ring (bicyclic) bond motifs is 1. The lowest BCUT2D eigenvalue weighted by molar-refractivity contribution is -0.110. The highest BCUT2D eigenvalue weighted by molar-refractivity contribution is 7.89. The minimum Gasteiger partial charge on any atom is -0.358 e. The fourth-order valence-electron chi connectivity index (χ4n) is 4.98. The maximum Gasteiger partial charge on any atom is 0.256 e. The maximum absolute atomic E-state index is 13.1. The zero-order chi connectivity index (χ0) is 26.5. The van der Waals surface area contributed by atoms with Crippen LogP contribution in [-0.2, 0) is 14.8 Å². The quantitative estimate of drug-likeness (QED) is 0.457. The number of H-pyrrole nitrogens is 1. The predicted molar refractivity (Wildman–Crippen MR) is 143 cm³/mol. The third-order valence-electron chi connectivity index (χ3n) is 7.06. The number of aromatic nitrogens is 1. The number of likely N-dealkylation sites (N-methyl/N-ethyl adjacent to an activating group) is 1. The lowest BCUT2D eigenvalue weighted by atomic mass is 9.98. The summed E-state index contributed by atoms with van der Waals surface area (Å²) >= 11 is 0. The molecule has 2 amide bonds. The first kappa shape index (κ1) is 24.9. The summed E-state index contributed by atoms with van der Waals surface area (Å²) in [6.07, 6.45) is 1.72. The van der Waals surface area contributed by atoms with Gasteiger partial charge in [0, 0.05) is 59.9 Å². The second-order valence-corrected chi connectivity index (χ2v) is 11.2. The van der Waals surface area contributed by atoms with E-state index < -0.39 is 10.0 Å². The lowest BCUT2D eigenvalue weighted by Crippen LogP contribution is -2.47. The minimum absolute atomic E-state index is 0.0213. The fourth-order valence-corrected chi connectivity index (χ4v) is 5.52. The second-order valence-electron chi connectivity index (χ2n) is 9.60. The monoisotopic (exact) mass is 519 g/mol. The van der Waals surface area contributed by atoms with Gasteiger partial charge in [0.05, 0.1) is 10.5 Å². The van der Waals surface area contributed by atoms with E-state index in [1.54, 1.807) is 6.08 Å². The Labute approximate surface area is 216 Å². The number of hydrogen-bond donors (Lipinski definition) is 3. The molecule has 0 radical (unpaired) electrons. The van der Waals surface area contributed by atoms with Crippen LogP contribution in [0.5, 0.6) is 0 Å². The highest BCUT2D eigenvalue weighted by Crippen LogP contribution is 2.37. The third-order valence-corrected chi connectivity index (χ3v) is 7.97. The number of benzene rings is 2. The van der Waals surface area contributed by atoms with Gasteiger partial charge in [-0.25, -0.2) is 13.6 Å². The van der Waals surface area contributed by atoms with Crippen LogP contribution in [0.2, 0.25) is 0 Å². The van der Waals surface area contributed by atoms with Crippen LogP contribution >= 0.6 is 0 Å². The van der Waals surface area contributed by atoms with Crippen molar-refractivity contribution in [1.82, 2.24) is 14.8 Å². The molecule has 192 valence electrons. The van der Waals surface area contributed by atoms with Gasteiger partial charge in [-0.2, -0.15) is 0 Å². The standard InChI is InChI=1S/C27H29N5O4S/c1-16-24(15-22-21-14-20(37(28,35)36)7-8-23(21)30-26(22)33)29-17(2)25(16)18-5-4-6-19(13-18)27(34)32-11-9-31(3)10-12-32/h4-8,13-15,29H,9-12H2,1-3H3,(H,30,33)(H2,28,35,36)/b22-15-. The summed E-state index contributed by atoms with van der Waals surface area (Å²) in [6, 6.07) is 11.9. The molecule has 0 atom stereocenters. The number of primary sulfonamides is 1. The molecule has 2 aromatic carbocycles. The molecule has 3 aromatic rings. The molecule has 0 unspecified atom stereocenters. The van der Waals surface area contributed by atoms with E-state index >= 15 is 0 Å². The molecule has 1 saturated heterocycles. The highest BCUT2D eigenvalue weighted by atomic mass is 32.2. The van der Waals surface area contributed by atoms with Gasteiger partial charge in [0.25, 0.3) is 11.8 Å². The van der Waals surface area contributed by atoms with Gasteiger partial charge in [0.15, 0.2) is 0 Å². The SMILES string of the molecule is Cc1[nH]c(/C=C2\C(=O)Nc3ccc(S(N)(=O)=O)cc32)c(C)c1-c1cccc(C(=O)N2CCN(C)CC2)c1. The zero-order valence-corrected chi connectivity index (χ0v) is 21.8. The Morgan fingerprint density at radius 2 is 1.78 bits per heavy atom. The molecule has 1 fully saturated rings.